The van der Waals surface area contributed by atoms with Crippen LogP contribution in [-0.4, -0.2) is 25.5 Å². The van der Waals surface area contributed by atoms with Gasteiger partial charge < -0.3 is 5.32 Å². The van der Waals surface area contributed by atoms with Gasteiger partial charge in [-0.3, -0.25) is 4.79 Å². The minimum absolute atomic E-state index is 0.0387. The fourth-order valence-electron chi connectivity index (χ4n) is 3.46. The van der Waals surface area contributed by atoms with Crippen LogP contribution in [0.15, 0.2) is 36.7 Å². The van der Waals surface area contributed by atoms with Gasteiger partial charge in [0.2, 0.25) is 5.91 Å². The van der Waals surface area contributed by atoms with Crippen LogP contribution in [0.2, 0.25) is 0 Å². The molecule has 142 valence electrons. The van der Waals surface area contributed by atoms with Crippen molar-refractivity contribution in [1.82, 2.24) is 24.9 Å². The average molecular weight is 365 g/mol. The van der Waals surface area contributed by atoms with Gasteiger partial charge in [0.1, 0.15) is 6.33 Å². The van der Waals surface area contributed by atoms with E-state index in [9.17, 15) is 4.79 Å². The lowest BCUT2D eigenvalue weighted by Crippen LogP contribution is -2.29. The van der Waals surface area contributed by atoms with Crippen molar-refractivity contribution in [2.75, 3.05) is 0 Å². The first-order valence-electron chi connectivity index (χ1n) is 9.45. The zero-order valence-electron chi connectivity index (χ0n) is 16.4. The Morgan fingerprint density at radius 2 is 1.93 bits per heavy atom. The Kier molecular flexibility index (Phi) is 5.84. The Labute approximate surface area is 160 Å². The van der Waals surface area contributed by atoms with Gasteiger partial charge in [0.15, 0.2) is 0 Å². The van der Waals surface area contributed by atoms with Crippen molar-refractivity contribution < 1.29 is 4.79 Å². The average Bonchev–Trinajstić information content (AvgIpc) is 3.10. The molecule has 2 heterocycles. The zero-order chi connectivity index (χ0) is 19.4. The summed E-state index contributed by atoms with van der Waals surface area (Å²) in [7, 11) is 0. The summed E-state index contributed by atoms with van der Waals surface area (Å²) in [5.74, 6) is 1.15. The number of amides is 1. The van der Waals surface area contributed by atoms with Crippen LogP contribution in [0.3, 0.4) is 0 Å². The number of aryl methyl sites for hydroxylation is 2. The molecule has 0 aliphatic carbocycles. The largest absolute Gasteiger partial charge is 0.349 e. The third-order valence-electron chi connectivity index (χ3n) is 4.83. The van der Waals surface area contributed by atoms with E-state index in [1.54, 1.807) is 4.52 Å². The number of carbonyl (C=O) groups excluding carboxylic acids is 1. The van der Waals surface area contributed by atoms with E-state index in [0.717, 1.165) is 28.9 Å². The van der Waals surface area contributed by atoms with E-state index >= 15 is 0 Å². The molecule has 6 nitrogen and oxygen atoms in total. The maximum absolute atomic E-state index is 12.7. The first-order valence-corrected chi connectivity index (χ1v) is 9.45. The standard InChI is InChI=1S/C21H27N5O/c1-14(2)12-19(17-8-6-5-7-9-17)25-20(27)11-10-18-15(3)24-21-22-13-23-26(21)16(18)4/h5-9,13-14,19H,10-12H2,1-4H3,(H,25,27). The number of aromatic nitrogens is 4. The third kappa shape index (κ3) is 4.51. The van der Waals surface area contributed by atoms with E-state index in [1.165, 1.54) is 6.33 Å². The van der Waals surface area contributed by atoms with Crippen LogP contribution in [0.1, 0.15) is 55.2 Å². The van der Waals surface area contributed by atoms with Crippen LogP contribution in [0.25, 0.3) is 5.78 Å². The SMILES string of the molecule is Cc1nc2ncnn2c(C)c1CCC(=O)NC(CC(C)C)c1ccccc1. The molecule has 0 aliphatic rings. The van der Waals surface area contributed by atoms with Gasteiger partial charge in [0.25, 0.3) is 5.78 Å². The van der Waals surface area contributed by atoms with Gasteiger partial charge in [-0.1, -0.05) is 44.2 Å². The lowest BCUT2D eigenvalue weighted by Gasteiger charge is -2.21. The minimum atomic E-state index is 0.0387. The molecule has 1 N–H and O–H groups in total. The number of nitrogens with zero attached hydrogens (tertiary/aromatic N) is 4. The van der Waals surface area contributed by atoms with Gasteiger partial charge in [-0.15, -0.1) is 0 Å². The summed E-state index contributed by atoms with van der Waals surface area (Å²) in [6.45, 7) is 8.30. The van der Waals surface area contributed by atoms with E-state index < -0.39 is 0 Å². The second-order valence-electron chi connectivity index (χ2n) is 7.39. The van der Waals surface area contributed by atoms with Crippen molar-refractivity contribution in [2.24, 2.45) is 5.92 Å². The van der Waals surface area contributed by atoms with Crippen LogP contribution >= 0.6 is 0 Å². The van der Waals surface area contributed by atoms with Gasteiger partial charge in [-0.25, -0.2) is 9.50 Å². The fourth-order valence-corrected chi connectivity index (χ4v) is 3.46. The molecule has 0 radical (unpaired) electrons. The fraction of sp³-hybridized carbons (Fsp3) is 0.429. The number of nitrogens with one attached hydrogen (secondary N) is 1. The highest BCUT2D eigenvalue weighted by Gasteiger charge is 2.17. The minimum Gasteiger partial charge on any atom is -0.349 e. The Balaban J connectivity index is 1.70. The second-order valence-corrected chi connectivity index (χ2v) is 7.39. The smallest absolute Gasteiger partial charge is 0.252 e. The van der Waals surface area contributed by atoms with E-state index in [-0.39, 0.29) is 11.9 Å². The van der Waals surface area contributed by atoms with Gasteiger partial charge in [-0.05, 0) is 43.7 Å². The summed E-state index contributed by atoms with van der Waals surface area (Å²) >= 11 is 0. The van der Waals surface area contributed by atoms with Crippen molar-refractivity contribution in [1.29, 1.82) is 0 Å². The quantitative estimate of drug-likeness (QED) is 0.695. The molecular weight excluding hydrogens is 338 g/mol. The predicted octanol–water partition coefficient (Wildman–Crippen LogP) is 3.58. The Bertz CT molecular complexity index is 917. The summed E-state index contributed by atoms with van der Waals surface area (Å²) in [4.78, 5) is 21.3. The Morgan fingerprint density at radius 1 is 1.19 bits per heavy atom. The van der Waals surface area contributed by atoms with Crippen molar-refractivity contribution in [3.05, 3.63) is 59.2 Å². The number of hydrogen-bond donors (Lipinski definition) is 1. The molecule has 0 fully saturated rings. The molecule has 6 heteroatoms. The number of rotatable bonds is 7. The zero-order valence-corrected chi connectivity index (χ0v) is 16.4. The molecule has 0 saturated heterocycles. The topological polar surface area (TPSA) is 72.2 Å². The van der Waals surface area contributed by atoms with Crippen molar-refractivity contribution in [2.45, 2.75) is 53.0 Å². The maximum atomic E-state index is 12.7. The summed E-state index contributed by atoms with van der Waals surface area (Å²) in [5.41, 5.74) is 4.10. The highest BCUT2D eigenvalue weighted by Crippen LogP contribution is 2.22. The van der Waals surface area contributed by atoms with Crippen LogP contribution in [0, 0.1) is 19.8 Å². The predicted molar refractivity (Wildman–Crippen MR) is 105 cm³/mol. The molecule has 0 aliphatic heterocycles. The van der Waals surface area contributed by atoms with E-state index in [1.807, 2.05) is 32.0 Å². The van der Waals surface area contributed by atoms with E-state index in [2.05, 4.69) is 46.4 Å². The molecule has 2 aromatic heterocycles. The molecule has 0 bridgehead atoms. The van der Waals surface area contributed by atoms with Crippen LogP contribution in [0.5, 0.6) is 0 Å². The summed E-state index contributed by atoms with van der Waals surface area (Å²) in [6, 6.07) is 10.2. The Morgan fingerprint density at radius 3 is 2.63 bits per heavy atom. The molecule has 0 saturated carbocycles. The van der Waals surface area contributed by atoms with Crippen molar-refractivity contribution >= 4 is 11.7 Å². The molecule has 0 spiro atoms. The number of hydrogen-bond acceptors (Lipinski definition) is 4. The summed E-state index contributed by atoms with van der Waals surface area (Å²) < 4.78 is 1.73. The van der Waals surface area contributed by atoms with Gasteiger partial charge >= 0.3 is 0 Å². The highest BCUT2D eigenvalue weighted by molar-refractivity contribution is 5.76. The van der Waals surface area contributed by atoms with Crippen molar-refractivity contribution in [3.63, 3.8) is 0 Å². The Hall–Kier alpha value is -2.76. The van der Waals surface area contributed by atoms with Crippen LogP contribution in [-0.2, 0) is 11.2 Å². The molecule has 1 aromatic carbocycles. The second kappa shape index (κ2) is 8.29. The molecule has 1 amide bonds. The van der Waals surface area contributed by atoms with E-state index in [4.69, 9.17) is 0 Å². The summed E-state index contributed by atoms with van der Waals surface area (Å²) in [5, 5.41) is 7.42. The molecule has 27 heavy (non-hydrogen) atoms. The van der Waals surface area contributed by atoms with Gasteiger partial charge in [0.05, 0.1) is 6.04 Å². The monoisotopic (exact) mass is 365 g/mol. The number of carbonyl (C=O) groups is 1. The first kappa shape index (κ1) is 19.0. The molecule has 1 atom stereocenters. The summed E-state index contributed by atoms with van der Waals surface area (Å²) in [6.07, 6.45) is 3.47. The van der Waals surface area contributed by atoms with Crippen LogP contribution < -0.4 is 5.32 Å². The van der Waals surface area contributed by atoms with Crippen LogP contribution in [0.4, 0.5) is 0 Å². The third-order valence-corrected chi connectivity index (χ3v) is 4.83. The van der Waals surface area contributed by atoms with Crippen molar-refractivity contribution in [3.8, 4) is 0 Å². The molecule has 3 aromatic rings. The molecule has 3 rings (SSSR count). The highest BCUT2D eigenvalue weighted by atomic mass is 16.1. The lowest BCUT2D eigenvalue weighted by molar-refractivity contribution is -0.121. The molecule has 1 unspecified atom stereocenters. The maximum Gasteiger partial charge on any atom is 0.252 e. The number of benzene rings is 1. The molecular formula is C21H27N5O. The van der Waals surface area contributed by atoms with Gasteiger partial charge in [-0.2, -0.15) is 10.1 Å². The lowest BCUT2D eigenvalue weighted by atomic mass is 9.96. The normalized spacial score (nSPS) is 12.5. The van der Waals surface area contributed by atoms with Gasteiger partial charge in [0, 0.05) is 17.8 Å². The number of fused-ring (bicyclic) bond motifs is 1. The van der Waals surface area contributed by atoms with E-state index in [0.29, 0.717) is 24.5 Å². The first-order chi connectivity index (χ1) is 13.0.